The number of carbonyl (C=O) groups excluding carboxylic acids is 2. The molecule has 0 bridgehead atoms. The zero-order valence-corrected chi connectivity index (χ0v) is 15.6. The molecule has 2 heterocycles. The van der Waals surface area contributed by atoms with E-state index in [9.17, 15) is 9.59 Å². The third-order valence-electron chi connectivity index (χ3n) is 3.55. The monoisotopic (exact) mass is 390 g/mol. The minimum absolute atomic E-state index is 0.0601. The summed E-state index contributed by atoms with van der Waals surface area (Å²) in [4.78, 5) is 25.8. The van der Waals surface area contributed by atoms with E-state index in [2.05, 4.69) is 15.5 Å². The summed E-state index contributed by atoms with van der Waals surface area (Å²) in [6.07, 6.45) is 3.18. The first kappa shape index (κ1) is 18.6. The van der Waals surface area contributed by atoms with Crippen LogP contribution < -0.4 is 5.32 Å². The molecule has 9 heteroatoms. The number of hydrogen-bond acceptors (Lipinski definition) is 7. The van der Waals surface area contributed by atoms with Gasteiger partial charge >= 0.3 is 0 Å². The highest BCUT2D eigenvalue weighted by atomic mass is 32.2. The Balaban J connectivity index is 1.46. The molecule has 1 aliphatic heterocycles. The average Bonchev–Trinajstić information content (AvgIpc) is 3.13. The van der Waals surface area contributed by atoms with Crippen molar-refractivity contribution in [1.82, 2.24) is 15.1 Å². The van der Waals surface area contributed by atoms with Crippen molar-refractivity contribution in [1.29, 1.82) is 0 Å². The number of carbonyl (C=O) groups is 2. The van der Waals surface area contributed by atoms with Crippen molar-refractivity contribution in [3.8, 4) is 0 Å². The van der Waals surface area contributed by atoms with Crippen LogP contribution in [0.25, 0.3) is 6.08 Å². The lowest BCUT2D eigenvalue weighted by Crippen LogP contribution is -2.41. The molecule has 7 nitrogen and oxygen atoms in total. The molecule has 1 aromatic heterocycles. The van der Waals surface area contributed by atoms with Gasteiger partial charge in [-0.25, -0.2) is 0 Å². The van der Waals surface area contributed by atoms with Gasteiger partial charge in [-0.3, -0.25) is 14.9 Å². The smallest absolute Gasteiger partial charge is 0.250 e. The molecular formula is C17H18N4O3S2. The summed E-state index contributed by atoms with van der Waals surface area (Å²) in [5.41, 5.74) is 0.942. The van der Waals surface area contributed by atoms with Crippen LogP contribution in [0.15, 0.2) is 40.7 Å². The van der Waals surface area contributed by atoms with Crippen molar-refractivity contribution in [2.45, 2.75) is 4.34 Å². The molecule has 1 aliphatic rings. The number of anilines is 1. The minimum atomic E-state index is -0.272. The van der Waals surface area contributed by atoms with Gasteiger partial charge in [-0.2, -0.15) is 0 Å². The van der Waals surface area contributed by atoms with Crippen LogP contribution in [0, 0.1) is 0 Å². The van der Waals surface area contributed by atoms with Crippen molar-refractivity contribution in [2.75, 3.05) is 37.4 Å². The summed E-state index contributed by atoms with van der Waals surface area (Å²) in [6.45, 7) is 2.43. The summed E-state index contributed by atoms with van der Waals surface area (Å²) in [5, 5.41) is 11.0. The van der Waals surface area contributed by atoms with E-state index in [1.54, 1.807) is 11.0 Å². The SMILES string of the molecule is O=C(/C=C/c1ccccc1)Nc1nnc(SCC(=O)N2CCOCC2)s1. The van der Waals surface area contributed by atoms with Gasteiger partial charge in [0.15, 0.2) is 4.34 Å². The van der Waals surface area contributed by atoms with Crippen molar-refractivity contribution in [2.24, 2.45) is 0 Å². The summed E-state index contributed by atoms with van der Waals surface area (Å²) in [5.74, 6) is 0.0899. The maximum Gasteiger partial charge on any atom is 0.250 e. The van der Waals surface area contributed by atoms with Gasteiger partial charge in [0, 0.05) is 19.2 Å². The van der Waals surface area contributed by atoms with Crippen molar-refractivity contribution in [3.05, 3.63) is 42.0 Å². The number of morpholine rings is 1. The number of hydrogen-bond donors (Lipinski definition) is 1. The number of nitrogens with zero attached hydrogens (tertiary/aromatic N) is 3. The standard InChI is InChI=1S/C17H18N4O3S2/c22-14(7-6-13-4-2-1-3-5-13)18-16-19-20-17(26-16)25-12-15(23)21-8-10-24-11-9-21/h1-7H,8-12H2,(H,18,19,22)/b7-6+. The van der Waals surface area contributed by atoms with Gasteiger partial charge in [0.2, 0.25) is 16.9 Å². The summed E-state index contributed by atoms with van der Waals surface area (Å²) >= 11 is 2.57. The quantitative estimate of drug-likeness (QED) is 0.462. The Morgan fingerprint density at radius 3 is 2.77 bits per heavy atom. The molecule has 1 aromatic carbocycles. The Bertz CT molecular complexity index is 773. The van der Waals surface area contributed by atoms with Crippen LogP contribution in [-0.4, -0.2) is 59.0 Å². The Morgan fingerprint density at radius 2 is 2.00 bits per heavy atom. The van der Waals surface area contributed by atoms with Gasteiger partial charge in [0.1, 0.15) is 0 Å². The van der Waals surface area contributed by atoms with Gasteiger partial charge in [-0.05, 0) is 11.6 Å². The molecule has 0 radical (unpaired) electrons. The van der Waals surface area contributed by atoms with E-state index in [4.69, 9.17) is 4.74 Å². The topological polar surface area (TPSA) is 84.4 Å². The fourth-order valence-electron chi connectivity index (χ4n) is 2.23. The van der Waals surface area contributed by atoms with Crippen molar-refractivity contribution < 1.29 is 14.3 Å². The normalized spacial score (nSPS) is 14.5. The predicted molar refractivity (Wildman–Crippen MR) is 102 cm³/mol. The number of rotatable bonds is 6. The number of nitrogens with one attached hydrogen (secondary N) is 1. The highest BCUT2D eigenvalue weighted by molar-refractivity contribution is 8.01. The molecule has 3 rings (SSSR count). The number of aromatic nitrogens is 2. The van der Waals surface area contributed by atoms with Gasteiger partial charge < -0.3 is 9.64 Å². The lowest BCUT2D eigenvalue weighted by molar-refractivity contribution is -0.132. The molecule has 0 spiro atoms. The summed E-state index contributed by atoms with van der Waals surface area (Å²) in [7, 11) is 0. The molecule has 1 N–H and O–H groups in total. The Hall–Kier alpha value is -2.23. The van der Waals surface area contributed by atoms with Gasteiger partial charge in [0.25, 0.3) is 0 Å². The van der Waals surface area contributed by atoms with E-state index in [0.29, 0.717) is 41.5 Å². The fourth-order valence-corrected chi connectivity index (χ4v) is 3.89. The molecule has 0 unspecified atom stereocenters. The number of ether oxygens (including phenoxy) is 1. The van der Waals surface area contributed by atoms with E-state index in [0.717, 1.165) is 5.56 Å². The van der Waals surface area contributed by atoms with Crippen LogP contribution in [0.2, 0.25) is 0 Å². The third-order valence-corrected chi connectivity index (χ3v) is 5.50. The zero-order chi connectivity index (χ0) is 18.2. The molecule has 0 aliphatic carbocycles. The second-order valence-electron chi connectivity index (χ2n) is 5.39. The zero-order valence-electron chi connectivity index (χ0n) is 14.0. The first-order valence-corrected chi connectivity index (χ1v) is 9.87. The van der Waals surface area contributed by atoms with Crippen LogP contribution in [-0.2, 0) is 14.3 Å². The van der Waals surface area contributed by atoms with E-state index in [-0.39, 0.29) is 11.8 Å². The van der Waals surface area contributed by atoms with Crippen LogP contribution in [0.5, 0.6) is 0 Å². The summed E-state index contributed by atoms with van der Waals surface area (Å²) < 4.78 is 5.88. The van der Waals surface area contributed by atoms with E-state index in [1.165, 1.54) is 29.2 Å². The van der Waals surface area contributed by atoms with Crippen LogP contribution in [0.4, 0.5) is 5.13 Å². The second kappa shape index (κ2) is 9.46. The van der Waals surface area contributed by atoms with Gasteiger partial charge in [0.05, 0.1) is 19.0 Å². The maximum absolute atomic E-state index is 12.1. The highest BCUT2D eigenvalue weighted by Crippen LogP contribution is 2.25. The molecule has 0 atom stereocenters. The Morgan fingerprint density at radius 1 is 1.23 bits per heavy atom. The van der Waals surface area contributed by atoms with E-state index in [1.807, 2.05) is 30.3 Å². The minimum Gasteiger partial charge on any atom is -0.378 e. The van der Waals surface area contributed by atoms with Crippen LogP contribution in [0.3, 0.4) is 0 Å². The van der Waals surface area contributed by atoms with E-state index < -0.39 is 0 Å². The number of thioether (sulfide) groups is 1. The Labute approximate surface area is 159 Å². The Kier molecular flexibility index (Phi) is 6.75. The lowest BCUT2D eigenvalue weighted by Gasteiger charge is -2.26. The highest BCUT2D eigenvalue weighted by Gasteiger charge is 2.17. The van der Waals surface area contributed by atoms with Crippen molar-refractivity contribution >= 4 is 46.1 Å². The van der Waals surface area contributed by atoms with Crippen LogP contribution in [0.1, 0.15) is 5.56 Å². The third kappa shape index (κ3) is 5.65. The predicted octanol–water partition coefficient (Wildman–Crippen LogP) is 2.14. The molecule has 2 amide bonds. The molecule has 26 heavy (non-hydrogen) atoms. The summed E-state index contributed by atoms with van der Waals surface area (Å²) in [6, 6.07) is 9.56. The van der Waals surface area contributed by atoms with Gasteiger partial charge in [-0.15, -0.1) is 10.2 Å². The lowest BCUT2D eigenvalue weighted by atomic mass is 10.2. The number of amides is 2. The second-order valence-corrected chi connectivity index (χ2v) is 7.59. The van der Waals surface area contributed by atoms with Gasteiger partial charge in [-0.1, -0.05) is 53.4 Å². The fraction of sp³-hybridized carbons (Fsp3) is 0.294. The first-order chi connectivity index (χ1) is 12.7. The van der Waals surface area contributed by atoms with E-state index >= 15 is 0 Å². The molecule has 2 aromatic rings. The molecule has 136 valence electrons. The number of benzene rings is 1. The molecular weight excluding hydrogens is 372 g/mol. The largest absolute Gasteiger partial charge is 0.378 e. The molecule has 0 saturated carbocycles. The molecule has 1 fully saturated rings. The maximum atomic E-state index is 12.1. The first-order valence-electron chi connectivity index (χ1n) is 8.06. The van der Waals surface area contributed by atoms with Crippen LogP contribution >= 0.6 is 23.1 Å². The van der Waals surface area contributed by atoms with Crippen molar-refractivity contribution in [3.63, 3.8) is 0 Å². The average molecular weight is 390 g/mol. The molecule has 1 saturated heterocycles.